The predicted octanol–water partition coefficient (Wildman–Crippen LogP) is 2.99. The maximum atomic E-state index is 12.2. The highest BCUT2D eigenvalue weighted by Crippen LogP contribution is 2.19. The summed E-state index contributed by atoms with van der Waals surface area (Å²) in [4.78, 5) is 12.2. The van der Waals surface area contributed by atoms with E-state index in [4.69, 9.17) is 9.47 Å². The molecule has 0 aliphatic carbocycles. The first-order chi connectivity index (χ1) is 11.6. The molecule has 0 spiro atoms. The number of hydrogen-bond acceptors (Lipinski definition) is 5. The molecule has 0 bridgehead atoms. The lowest BCUT2D eigenvalue weighted by atomic mass is 10.1. The average Bonchev–Trinajstić information content (AvgIpc) is 2.53. The van der Waals surface area contributed by atoms with Crippen LogP contribution in [0.5, 0.6) is 11.5 Å². The molecule has 7 heteroatoms. The molecule has 0 radical (unpaired) electrons. The van der Waals surface area contributed by atoms with Gasteiger partial charge in [-0.25, -0.2) is 17.9 Å². The van der Waals surface area contributed by atoms with E-state index in [9.17, 15) is 13.2 Å². The largest absolute Gasteiger partial charge is 0.497 e. The van der Waals surface area contributed by atoms with Crippen LogP contribution in [0.2, 0.25) is 0 Å². The number of ether oxygens (including phenoxy) is 2. The first-order valence-electron chi connectivity index (χ1n) is 7.61. The summed E-state index contributed by atoms with van der Waals surface area (Å²) >= 11 is 0. The maximum Gasteiger partial charge on any atom is 0.343 e. The molecule has 2 rings (SSSR count). The summed E-state index contributed by atoms with van der Waals surface area (Å²) in [6.45, 7) is 5.27. The molecule has 0 atom stereocenters. The van der Waals surface area contributed by atoms with E-state index in [0.29, 0.717) is 11.5 Å². The topological polar surface area (TPSA) is 81.7 Å². The molecule has 0 amide bonds. The molecule has 0 saturated heterocycles. The number of nitrogens with one attached hydrogen (secondary N) is 1. The number of esters is 1. The van der Waals surface area contributed by atoms with Gasteiger partial charge in [-0.05, 0) is 69.3 Å². The Hall–Kier alpha value is -2.38. The number of hydrogen-bond donors (Lipinski definition) is 1. The fourth-order valence-corrected chi connectivity index (χ4v) is 3.46. The molecule has 25 heavy (non-hydrogen) atoms. The number of carbonyl (C=O) groups excluding carboxylic acids is 1. The van der Waals surface area contributed by atoms with Crippen molar-refractivity contribution in [1.82, 2.24) is 4.72 Å². The van der Waals surface area contributed by atoms with Crippen molar-refractivity contribution in [3.63, 3.8) is 0 Å². The molecule has 134 valence electrons. The second-order valence-electron chi connectivity index (χ2n) is 6.44. The highest BCUT2D eigenvalue weighted by molar-refractivity contribution is 7.89. The molecule has 0 saturated carbocycles. The van der Waals surface area contributed by atoms with Gasteiger partial charge in [0, 0.05) is 5.54 Å². The van der Waals surface area contributed by atoms with E-state index in [2.05, 4.69) is 4.72 Å². The van der Waals surface area contributed by atoms with Crippen molar-refractivity contribution in [3.05, 3.63) is 54.1 Å². The Kier molecular flexibility index (Phi) is 5.49. The van der Waals surface area contributed by atoms with Gasteiger partial charge in [0.25, 0.3) is 0 Å². The SMILES string of the molecule is COc1ccc(OC(=O)c2ccc(S(=O)(=O)NC(C)(C)C)cc2)cc1. The Balaban J connectivity index is 2.12. The monoisotopic (exact) mass is 363 g/mol. The van der Waals surface area contributed by atoms with Crippen LogP contribution in [-0.2, 0) is 10.0 Å². The summed E-state index contributed by atoms with van der Waals surface area (Å²) in [5.74, 6) is 0.454. The van der Waals surface area contributed by atoms with Gasteiger partial charge >= 0.3 is 5.97 Å². The molecule has 0 aromatic heterocycles. The van der Waals surface area contributed by atoms with Crippen LogP contribution >= 0.6 is 0 Å². The molecular weight excluding hydrogens is 342 g/mol. The maximum absolute atomic E-state index is 12.2. The molecule has 0 aliphatic heterocycles. The summed E-state index contributed by atoms with van der Waals surface area (Å²) < 4.78 is 37.3. The summed E-state index contributed by atoms with van der Waals surface area (Å²) in [7, 11) is -2.10. The fraction of sp³-hybridized carbons (Fsp3) is 0.278. The van der Waals surface area contributed by atoms with Gasteiger partial charge in [0.2, 0.25) is 10.0 Å². The first-order valence-corrected chi connectivity index (χ1v) is 9.09. The molecular formula is C18H21NO5S. The number of rotatable bonds is 5. The second-order valence-corrected chi connectivity index (χ2v) is 8.13. The first kappa shape index (κ1) is 19.0. The number of carbonyl (C=O) groups is 1. The van der Waals surface area contributed by atoms with Gasteiger partial charge in [-0.2, -0.15) is 0 Å². The lowest BCUT2D eigenvalue weighted by molar-refractivity contribution is 0.0734. The molecule has 2 aromatic rings. The van der Waals surface area contributed by atoms with Crippen molar-refractivity contribution >= 4 is 16.0 Å². The van der Waals surface area contributed by atoms with Crippen molar-refractivity contribution in [2.24, 2.45) is 0 Å². The van der Waals surface area contributed by atoms with Crippen molar-refractivity contribution < 1.29 is 22.7 Å². The molecule has 1 N–H and O–H groups in total. The van der Waals surface area contributed by atoms with Gasteiger partial charge in [0.05, 0.1) is 17.6 Å². The van der Waals surface area contributed by atoms with E-state index < -0.39 is 21.5 Å². The van der Waals surface area contributed by atoms with E-state index in [0.717, 1.165) is 0 Å². The minimum absolute atomic E-state index is 0.0865. The minimum atomic E-state index is -3.64. The standard InChI is InChI=1S/C18H21NO5S/c1-18(2,3)19-25(21,22)16-11-5-13(6-12-16)17(20)24-15-9-7-14(23-4)8-10-15/h5-12,19H,1-4H3. The Morgan fingerprint density at radius 3 is 1.92 bits per heavy atom. The fourth-order valence-electron chi connectivity index (χ4n) is 2.04. The molecule has 6 nitrogen and oxygen atoms in total. The third-order valence-electron chi connectivity index (χ3n) is 3.11. The van der Waals surface area contributed by atoms with E-state index in [1.165, 1.54) is 24.3 Å². The molecule has 0 aliphatic rings. The van der Waals surface area contributed by atoms with Crippen molar-refractivity contribution in [2.75, 3.05) is 7.11 Å². The van der Waals surface area contributed by atoms with Crippen LogP contribution in [0.25, 0.3) is 0 Å². The third-order valence-corrected chi connectivity index (χ3v) is 4.88. The highest BCUT2D eigenvalue weighted by atomic mass is 32.2. The summed E-state index contributed by atoms with van der Waals surface area (Å²) in [5, 5.41) is 0. The Bertz CT molecular complexity index is 835. The zero-order valence-corrected chi connectivity index (χ0v) is 15.4. The lowest BCUT2D eigenvalue weighted by Gasteiger charge is -2.20. The Morgan fingerprint density at radius 1 is 0.920 bits per heavy atom. The van der Waals surface area contributed by atoms with Crippen molar-refractivity contribution in [1.29, 1.82) is 0 Å². The van der Waals surface area contributed by atoms with E-state index >= 15 is 0 Å². The quantitative estimate of drug-likeness (QED) is 0.652. The Labute approximate surface area is 147 Å². The highest BCUT2D eigenvalue weighted by Gasteiger charge is 2.22. The van der Waals surface area contributed by atoms with Gasteiger partial charge in [0.1, 0.15) is 11.5 Å². The van der Waals surface area contributed by atoms with Crippen molar-refractivity contribution in [3.8, 4) is 11.5 Å². The van der Waals surface area contributed by atoms with Gasteiger partial charge in [0.15, 0.2) is 0 Å². The van der Waals surface area contributed by atoms with Crippen LogP contribution in [0.15, 0.2) is 53.4 Å². The molecule has 0 unspecified atom stereocenters. The van der Waals surface area contributed by atoms with E-state index in [1.807, 2.05) is 0 Å². The van der Waals surface area contributed by atoms with Crippen LogP contribution in [0.3, 0.4) is 0 Å². The van der Waals surface area contributed by atoms with Gasteiger partial charge < -0.3 is 9.47 Å². The minimum Gasteiger partial charge on any atom is -0.497 e. The van der Waals surface area contributed by atoms with E-state index in [1.54, 1.807) is 52.1 Å². The number of benzene rings is 2. The smallest absolute Gasteiger partial charge is 0.343 e. The average molecular weight is 363 g/mol. The van der Waals surface area contributed by atoms with E-state index in [-0.39, 0.29) is 10.5 Å². The lowest BCUT2D eigenvalue weighted by Crippen LogP contribution is -2.40. The van der Waals surface area contributed by atoms with Gasteiger partial charge in [-0.15, -0.1) is 0 Å². The predicted molar refractivity (Wildman–Crippen MR) is 94.5 cm³/mol. The summed E-state index contributed by atoms with van der Waals surface area (Å²) in [5.41, 5.74) is -0.337. The van der Waals surface area contributed by atoms with Crippen LogP contribution in [-0.4, -0.2) is 27.0 Å². The molecule has 0 fully saturated rings. The second kappa shape index (κ2) is 7.25. The van der Waals surface area contributed by atoms with Crippen LogP contribution in [0.1, 0.15) is 31.1 Å². The number of methoxy groups -OCH3 is 1. The van der Waals surface area contributed by atoms with Gasteiger partial charge in [-0.3, -0.25) is 0 Å². The zero-order valence-electron chi connectivity index (χ0n) is 14.6. The van der Waals surface area contributed by atoms with Gasteiger partial charge in [-0.1, -0.05) is 0 Å². The summed E-state index contributed by atoms with van der Waals surface area (Å²) in [6.07, 6.45) is 0. The normalized spacial score (nSPS) is 11.8. The van der Waals surface area contributed by atoms with Crippen molar-refractivity contribution in [2.45, 2.75) is 31.2 Å². The van der Waals surface area contributed by atoms with Crippen LogP contribution in [0.4, 0.5) is 0 Å². The van der Waals surface area contributed by atoms with Crippen LogP contribution < -0.4 is 14.2 Å². The zero-order chi connectivity index (χ0) is 18.7. The van der Waals surface area contributed by atoms with Crippen LogP contribution in [0, 0.1) is 0 Å². The molecule has 2 aromatic carbocycles. The Morgan fingerprint density at radius 2 is 1.44 bits per heavy atom. The third kappa shape index (κ3) is 5.30. The summed E-state index contributed by atoms with van der Waals surface area (Å²) in [6, 6.07) is 12.2. The number of sulfonamides is 1. The molecule has 0 heterocycles.